The Kier molecular flexibility index (Phi) is 8.83. The minimum atomic E-state index is -3.41. The summed E-state index contributed by atoms with van der Waals surface area (Å²) in [5, 5.41) is 0. The Morgan fingerprint density at radius 3 is 2.24 bits per heavy atom. The molecule has 1 rings (SSSR count). The number of carbonyl (C=O) groups excluding carboxylic acids is 2. The molecule has 140 valence electrons. The molecule has 0 aliphatic rings. The molecule has 25 heavy (non-hydrogen) atoms. The van der Waals surface area contributed by atoms with E-state index in [1.807, 2.05) is 0 Å². The summed E-state index contributed by atoms with van der Waals surface area (Å²) in [5.74, 6) is -1.70. The van der Waals surface area contributed by atoms with E-state index in [9.17, 15) is 14.2 Å². The van der Waals surface area contributed by atoms with Gasteiger partial charge in [0.1, 0.15) is 0 Å². The molecule has 1 aromatic rings. The first kappa shape index (κ1) is 21.4. The fraction of sp³-hybridized carbons (Fsp3) is 0.529. The average Bonchev–Trinajstić information content (AvgIpc) is 2.60. The fourth-order valence-electron chi connectivity index (χ4n) is 2.42. The van der Waals surface area contributed by atoms with Crippen molar-refractivity contribution in [3.8, 4) is 0 Å². The lowest BCUT2D eigenvalue weighted by atomic mass is 9.99. The smallest absolute Gasteiger partial charge is 0.337 e. The Balaban J connectivity index is 3.02. The van der Waals surface area contributed by atoms with Gasteiger partial charge in [0.05, 0.1) is 45.1 Å². The van der Waals surface area contributed by atoms with Crippen LogP contribution >= 0.6 is 7.60 Å². The van der Waals surface area contributed by atoms with Gasteiger partial charge in [-0.05, 0) is 38.0 Å². The molecule has 0 N–H and O–H groups in total. The molecule has 0 saturated carbocycles. The van der Waals surface area contributed by atoms with Crippen molar-refractivity contribution in [3.63, 3.8) is 0 Å². The lowest BCUT2D eigenvalue weighted by Crippen LogP contribution is -2.24. The molecular weight excluding hydrogens is 347 g/mol. The standard InChI is InChI=1S/C17H25O7P/c1-5-23-25(20,24-6-2)12-15(17(19)22-4)11-13-8-7-9-14(10-13)16(18)21-3/h7-10,15H,5-6,11-12H2,1-4H3. The Morgan fingerprint density at radius 2 is 1.72 bits per heavy atom. The summed E-state index contributed by atoms with van der Waals surface area (Å²) in [6.07, 6.45) is 0.144. The quantitative estimate of drug-likeness (QED) is 0.461. The van der Waals surface area contributed by atoms with Crippen LogP contribution in [0.15, 0.2) is 24.3 Å². The van der Waals surface area contributed by atoms with Crippen molar-refractivity contribution in [2.24, 2.45) is 5.92 Å². The Hall–Kier alpha value is -1.69. The molecule has 1 aromatic carbocycles. The van der Waals surface area contributed by atoms with Crippen LogP contribution in [-0.4, -0.2) is 45.5 Å². The van der Waals surface area contributed by atoms with Gasteiger partial charge in [-0.1, -0.05) is 12.1 Å². The number of ether oxygens (including phenoxy) is 2. The second kappa shape index (κ2) is 10.3. The Labute approximate surface area is 148 Å². The minimum absolute atomic E-state index is 0.0934. The zero-order valence-corrected chi connectivity index (χ0v) is 15.9. The van der Waals surface area contributed by atoms with Crippen molar-refractivity contribution >= 4 is 19.5 Å². The molecule has 0 aromatic heterocycles. The molecule has 1 atom stereocenters. The molecule has 8 heteroatoms. The highest BCUT2D eigenvalue weighted by atomic mass is 31.2. The summed E-state index contributed by atoms with van der Waals surface area (Å²) < 4.78 is 32.8. The van der Waals surface area contributed by atoms with Gasteiger partial charge in [-0.15, -0.1) is 0 Å². The maximum Gasteiger partial charge on any atom is 0.337 e. The molecule has 0 aliphatic carbocycles. The van der Waals surface area contributed by atoms with Gasteiger partial charge in [0.25, 0.3) is 0 Å². The van der Waals surface area contributed by atoms with Gasteiger partial charge >= 0.3 is 19.5 Å². The first-order valence-electron chi connectivity index (χ1n) is 8.02. The monoisotopic (exact) mass is 372 g/mol. The average molecular weight is 372 g/mol. The van der Waals surface area contributed by atoms with Gasteiger partial charge in [0, 0.05) is 0 Å². The van der Waals surface area contributed by atoms with E-state index >= 15 is 0 Å². The van der Waals surface area contributed by atoms with Gasteiger partial charge in [0.15, 0.2) is 0 Å². The fourth-order valence-corrected chi connectivity index (χ4v) is 4.31. The van der Waals surface area contributed by atoms with Crippen molar-refractivity contribution in [2.45, 2.75) is 20.3 Å². The van der Waals surface area contributed by atoms with Crippen LogP contribution in [-0.2, 0) is 34.3 Å². The van der Waals surface area contributed by atoms with Gasteiger partial charge < -0.3 is 18.5 Å². The van der Waals surface area contributed by atoms with Gasteiger partial charge in [-0.25, -0.2) is 4.79 Å². The van der Waals surface area contributed by atoms with Gasteiger partial charge in [-0.3, -0.25) is 9.36 Å². The number of methoxy groups -OCH3 is 2. The Bertz CT molecular complexity index is 619. The third-order valence-corrected chi connectivity index (χ3v) is 5.65. The molecule has 0 heterocycles. The molecule has 1 unspecified atom stereocenters. The maximum absolute atomic E-state index is 12.7. The van der Waals surface area contributed by atoms with E-state index in [0.29, 0.717) is 5.56 Å². The zero-order valence-electron chi connectivity index (χ0n) is 15.0. The summed E-state index contributed by atoms with van der Waals surface area (Å²) in [6.45, 7) is 3.84. The summed E-state index contributed by atoms with van der Waals surface area (Å²) in [4.78, 5) is 23.8. The predicted molar refractivity (Wildman–Crippen MR) is 92.7 cm³/mol. The number of rotatable bonds is 10. The maximum atomic E-state index is 12.7. The summed E-state index contributed by atoms with van der Waals surface area (Å²) in [7, 11) is -0.840. The number of esters is 2. The SMILES string of the molecule is CCOP(=O)(CC(Cc1cccc(C(=O)OC)c1)C(=O)OC)OCC. The highest BCUT2D eigenvalue weighted by Gasteiger charge is 2.33. The van der Waals surface area contributed by atoms with Crippen molar-refractivity contribution in [1.29, 1.82) is 0 Å². The normalized spacial score (nSPS) is 12.5. The van der Waals surface area contributed by atoms with Crippen molar-refractivity contribution in [3.05, 3.63) is 35.4 Å². The lowest BCUT2D eigenvalue weighted by molar-refractivity contribution is -0.144. The van der Waals surface area contributed by atoms with E-state index in [1.165, 1.54) is 14.2 Å². The third kappa shape index (κ3) is 6.61. The number of benzene rings is 1. The number of hydrogen-bond donors (Lipinski definition) is 0. The second-order valence-electron chi connectivity index (χ2n) is 5.25. The van der Waals surface area contributed by atoms with E-state index < -0.39 is 25.5 Å². The van der Waals surface area contributed by atoms with Crippen LogP contribution in [0.4, 0.5) is 0 Å². The van der Waals surface area contributed by atoms with E-state index in [4.69, 9.17) is 18.5 Å². The minimum Gasteiger partial charge on any atom is -0.469 e. The van der Waals surface area contributed by atoms with E-state index in [1.54, 1.807) is 38.1 Å². The highest BCUT2D eigenvalue weighted by Crippen LogP contribution is 2.50. The summed E-state index contributed by atoms with van der Waals surface area (Å²) in [5.41, 5.74) is 1.10. The second-order valence-corrected chi connectivity index (χ2v) is 7.35. The van der Waals surface area contributed by atoms with Crippen LogP contribution in [0, 0.1) is 5.92 Å². The first-order valence-corrected chi connectivity index (χ1v) is 9.75. The molecule has 0 radical (unpaired) electrons. The molecule has 0 amide bonds. The molecule has 7 nitrogen and oxygen atoms in total. The van der Waals surface area contributed by atoms with Crippen molar-refractivity contribution in [1.82, 2.24) is 0 Å². The van der Waals surface area contributed by atoms with E-state index in [-0.39, 0.29) is 25.8 Å². The van der Waals surface area contributed by atoms with Gasteiger partial charge in [-0.2, -0.15) is 0 Å². The van der Waals surface area contributed by atoms with Crippen LogP contribution in [0.25, 0.3) is 0 Å². The number of hydrogen-bond acceptors (Lipinski definition) is 7. The van der Waals surface area contributed by atoms with Crippen LogP contribution in [0.1, 0.15) is 29.8 Å². The van der Waals surface area contributed by atoms with E-state index in [2.05, 4.69) is 0 Å². The molecule has 0 fully saturated rings. The van der Waals surface area contributed by atoms with Crippen molar-refractivity contribution < 1.29 is 32.7 Å². The lowest BCUT2D eigenvalue weighted by Gasteiger charge is -2.22. The zero-order chi connectivity index (χ0) is 18.9. The van der Waals surface area contributed by atoms with Crippen LogP contribution in [0.2, 0.25) is 0 Å². The molecule has 0 saturated heterocycles. The molecular formula is C17H25O7P. The van der Waals surface area contributed by atoms with E-state index in [0.717, 1.165) is 5.56 Å². The Morgan fingerprint density at radius 1 is 1.08 bits per heavy atom. The van der Waals surface area contributed by atoms with Crippen molar-refractivity contribution in [2.75, 3.05) is 33.6 Å². The molecule has 0 bridgehead atoms. The first-order chi connectivity index (χ1) is 11.9. The van der Waals surface area contributed by atoms with Gasteiger partial charge in [0.2, 0.25) is 0 Å². The summed E-state index contributed by atoms with van der Waals surface area (Å²) >= 11 is 0. The van der Waals surface area contributed by atoms with Crippen LogP contribution in [0.5, 0.6) is 0 Å². The molecule has 0 spiro atoms. The number of carbonyl (C=O) groups is 2. The topological polar surface area (TPSA) is 88.1 Å². The highest BCUT2D eigenvalue weighted by molar-refractivity contribution is 7.53. The largest absolute Gasteiger partial charge is 0.469 e. The van der Waals surface area contributed by atoms with Crippen LogP contribution < -0.4 is 0 Å². The molecule has 0 aliphatic heterocycles. The predicted octanol–water partition coefficient (Wildman–Crippen LogP) is 3.07. The summed E-state index contributed by atoms with van der Waals surface area (Å²) in [6, 6.07) is 6.72. The van der Waals surface area contributed by atoms with Crippen LogP contribution in [0.3, 0.4) is 0 Å². The third-order valence-electron chi connectivity index (χ3n) is 3.46.